The summed E-state index contributed by atoms with van der Waals surface area (Å²) in [5, 5.41) is 3.64. The Labute approximate surface area is 109 Å². The maximum Gasteiger partial charge on any atom is 0.150 e. The van der Waals surface area contributed by atoms with Crippen molar-refractivity contribution in [3.8, 4) is 0 Å². The Hall–Kier alpha value is -1.16. The molecule has 1 saturated heterocycles. The molecule has 2 fully saturated rings. The normalized spacial score (nSPS) is 23.7. The fourth-order valence-corrected chi connectivity index (χ4v) is 2.71. The van der Waals surface area contributed by atoms with Gasteiger partial charge in [-0.25, -0.2) is 4.98 Å². The van der Waals surface area contributed by atoms with Crippen LogP contribution in [0.3, 0.4) is 0 Å². The van der Waals surface area contributed by atoms with Gasteiger partial charge in [-0.3, -0.25) is 4.98 Å². The quantitative estimate of drug-likeness (QED) is 0.880. The molecule has 1 atom stereocenters. The highest BCUT2D eigenvalue weighted by Gasteiger charge is 2.29. The predicted molar refractivity (Wildman–Crippen MR) is 72.9 cm³/mol. The van der Waals surface area contributed by atoms with Crippen LogP contribution in [0.5, 0.6) is 0 Å². The second-order valence-corrected chi connectivity index (χ2v) is 5.59. The Balaban J connectivity index is 1.73. The van der Waals surface area contributed by atoms with Gasteiger partial charge in [-0.1, -0.05) is 0 Å². The van der Waals surface area contributed by atoms with Crippen molar-refractivity contribution in [2.24, 2.45) is 0 Å². The highest BCUT2D eigenvalue weighted by molar-refractivity contribution is 5.45. The van der Waals surface area contributed by atoms with Crippen LogP contribution in [0.4, 0.5) is 5.82 Å². The van der Waals surface area contributed by atoms with Gasteiger partial charge in [0, 0.05) is 31.4 Å². The fraction of sp³-hybridized carbons (Fsp3) is 0.714. The van der Waals surface area contributed by atoms with Gasteiger partial charge >= 0.3 is 0 Å². The number of rotatable bonds is 4. The average molecular weight is 246 g/mol. The maximum atomic E-state index is 4.68. The molecule has 0 aromatic carbocycles. The van der Waals surface area contributed by atoms with Crippen LogP contribution in [-0.2, 0) is 0 Å². The Morgan fingerprint density at radius 3 is 2.94 bits per heavy atom. The third kappa shape index (κ3) is 2.48. The first kappa shape index (κ1) is 11.9. The second kappa shape index (κ2) is 4.84. The summed E-state index contributed by atoms with van der Waals surface area (Å²) in [5.74, 6) is 1.09. The van der Waals surface area contributed by atoms with E-state index < -0.39 is 0 Å². The van der Waals surface area contributed by atoms with Crippen molar-refractivity contribution in [1.29, 1.82) is 0 Å². The maximum absolute atomic E-state index is 4.68. The van der Waals surface area contributed by atoms with Crippen LogP contribution in [0, 0.1) is 13.8 Å². The molecule has 1 aromatic rings. The molecule has 2 aliphatic rings. The number of hydrogen-bond donors (Lipinski definition) is 1. The molecule has 1 N–H and O–H groups in total. The third-order valence-electron chi connectivity index (χ3n) is 3.92. The van der Waals surface area contributed by atoms with Crippen LogP contribution >= 0.6 is 0 Å². The Morgan fingerprint density at radius 1 is 1.33 bits per heavy atom. The van der Waals surface area contributed by atoms with Gasteiger partial charge in [0.1, 0.15) is 0 Å². The lowest BCUT2D eigenvalue weighted by molar-refractivity contribution is 0.567. The van der Waals surface area contributed by atoms with Crippen molar-refractivity contribution in [2.45, 2.75) is 51.6 Å². The van der Waals surface area contributed by atoms with Crippen molar-refractivity contribution >= 4 is 5.82 Å². The zero-order valence-corrected chi connectivity index (χ0v) is 11.3. The minimum atomic E-state index is 0.598. The Kier molecular flexibility index (Phi) is 3.20. The van der Waals surface area contributed by atoms with E-state index in [1.807, 2.05) is 13.1 Å². The van der Waals surface area contributed by atoms with Gasteiger partial charge in [0.15, 0.2) is 5.82 Å². The van der Waals surface area contributed by atoms with E-state index in [-0.39, 0.29) is 0 Å². The lowest BCUT2D eigenvalue weighted by Crippen LogP contribution is -2.39. The van der Waals surface area contributed by atoms with Crippen molar-refractivity contribution in [1.82, 2.24) is 15.3 Å². The summed E-state index contributed by atoms with van der Waals surface area (Å²) in [4.78, 5) is 11.6. The third-order valence-corrected chi connectivity index (χ3v) is 3.92. The number of hydrogen-bond acceptors (Lipinski definition) is 4. The summed E-state index contributed by atoms with van der Waals surface area (Å²) < 4.78 is 0. The van der Waals surface area contributed by atoms with E-state index in [1.54, 1.807) is 0 Å². The van der Waals surface area contributed by atoms with Gasteiger partial charge in [-0.2, -0.15) is 0 Å². The lowest BCUT2D eigenvalue weighted by atomic mass is 10.2. The first-order chi connectivity index (χ1) is 8.74. The second-order valence-electron chi connectivity index (χ2n) is 5.59. The van der Waals surface area contributed by atoms with Crippen LogP contribution in [0.2, 0.25) is 0 Å². The molecule has 0 radical (unpaired) electrons. The predicted octanol–water partition coefficient (Wildman–Crippen LogP) is 1.81. The number of nitrogens with one attached hydrogen (secondary N) is 1. The lowest BCUT2D eigenvalue weighted by Gasteiger charge is -2.27. The zero-order valence-electron chi connectivity index (χ0n) is 11.3. The minimum Gasteiger partial charge on any atom is -0.351 e. The first-order valence-corrected chi connectivity index (χ1v) is 7.04. The molecule has 0 spiro atoms. The number of aromatic nitrogens is 2. The van der Waals surface area contributed by atoms with Crippen LogP contribution in [0.25, 0.3) is 0 Å². The molecule has 4 nitrogen and oxygen atoms in total. The van der Waals surface area contributed by atoms with E-state index in [0.29, 0.717) is 6.04 Å². The SMILES string of the molecule is Cc1cnc(C)c(N2CCCC2CNC2CC2)n1. The molecule has 18 heavy (non-hydrogen) atoms. The van der Waals surface area contributed by atoms with E-state index in [1.165, 1.54) is 25.7 Å². The number of nitrogens with zero attached hydrogens (tertiary/aromatic N) is 3. The molecule has 0 bridgehead atoms. The van der Waals surface area contributed by atoms with E-state index in [0.717, 1.165) is 36.3 Å². The smallest absolute Gasteiger partial charge is 0.150 e. The topological polar surface area (TPSA) is 41.1 Å². The summed E-state index contributed by atoms with van der Waals surface area (Å²) in [6, 6.07) is 1.39. The molecule has 1 aliphatic carbocycles. The summed E-state index contributed by atoms with van der Waals surface area (Å²) in [5.41, 5.74) is 2.07. The molecule has 98 valence electrons. The highest BCUT2D eigenvalue weighted by Crippen LogP contribution is 2.26. The Morgan fingerprint density at radius 2 is 2.17 bits per heavy atom. The average Bonchev–Trinajstić information content (AvgIpc) is 3.08. The van der Waals surface area contributed by atoms with Gasteiger partial charge in [0.25, 0.3) is 0 Å². The molecule has 2 heterocycles. The van der Waals surface area contributed by atoms with Gasteiger partial charge in [-0.15, -0.1) is 0 Å². The summed E-state index contributed by atoms with van der Waals surface area (Å²) in [6.07, 6.45) is 7.11. The molecule has 1 aliphatic heterocycles. The molecule has 1 saturated carbocycles. The van der Waals surface area contributed by atoms with Gasteiger partial charge in [0.2, 0.25) is 0 Å². The molecule has 3 rings (SSSR count). The van der Waals surface area contributed by atoms with E-state index in [4.69, 9.17) is 0 Å². The van der Waals surface area contributed by atoms with Crippen molar-refractivity contribution in [3.63, 3.8) is 0 Å². The van der Waals surface area contributed by atoms with Crippen LogP contribution in [0.1, 0.15) is 37.1 Å². The van der Waals surface area contributed by atoms with Crippen LogP contribution < -0.4 is 10.2 Å². The molecule has 1 unspecified atom stereocenters. The number of aryl methyl sites for hydroxylation is 2. The summed E-state index contributed by atoms with van der Waals surface area (Å²) >= 11 is 0. The summed E-state index contributed by atoms with van der Waals surface area (Å²) in [6.45, 7) is 6.30. The summed E-state index contributed by atoms with van der Waals surface area (Å²) in [7, 11) is 0. The van der Waals surface area contributed by atoms with E-state index in [9.17, 15) is 0 Å². The highest BCUT2D eigenvalue weighted by atomic mass is 15.3. The van der Waals surface area contributed by atoms with Gasteiger partial charge in [-0.05, 0) is 39.5 Å². The minimum absolute atomic E-state index is 0.598. The molecular weight excluding hydrogens is 224 g/mol. The number of anilines is 1. The largest absolute Gasteiger partial charge is 0.351 e. The first-order valence-electron chi connectivity index (χ1n) is 7.04. The van der Waals surface area contributed by atoms with Crippen molar-refractivity contribution in [2.75, 3.05) is 18.0 Å². The standard InChI is InChI=1S/C14H22N4/c1-10-8-15-11(2)14(17-10)18-7-3-4-13(18)9-16-12-5-6-12/h8,12-13,16H,3-7,9H2,1-2H3. The van der Waals surface area contributed by atoms with Crippen molar-refractivity contribution in [3.05, 3.63) is 17.6 Å². The molecule has 0 amide bonds. The zero-order chi connectivity index (χ0) is 12.5. The molecule has 1 aromatic heterocycles. The van der Waals surface area contributed by atoms with Crippen LogP contribution in [0.15, 0.2) is 6.20 Å². The van der Waals surface area contributed by atoms with Crippen molar-refractivity contribution < 1.29 is 0 Å². The van der Waals surface area contributed by atoms with Gasteiger partial charge in [0.05, 0.1) is 11.4 Å². The van der Waals surface area contributed by atoms with Crippen LogP contribution in [-0.4, -0.2) is 35.1 Å². The Bertz CT molecular complexity index is 428. The fourth-order valence-electron chi connectivity index (χ4n) is 2.71. The monoisotopic (exact) mass is 246 g/mol. The molecular formula is C14H22N4. The van der Waals surface area contributed by atoms with Gasteiger partial charge < -0.3 is 10.2 Å². The van der Waals surface area contributed by atoms with E-state index >= 15 is 0 Å². The van der Waals surface area contributed by atoms with E-state index in [2.05, 4.69) is 27.1 Å². The molecule has 4 heteroatoms.